The molecule has 9 heteroatoms. The molecule has 1 fully saturated rings. The van der Waals surface area contributed by atoms with Gasteiger partial charge in [0.2, 0.25) is 6.23 Å². The minimum atomic E-state index is -1.05. The van der Waals surface area contributed by atoms with Crippen LogP contribution in [0.1, 0.15) is 17.9 Å². The molecule has 8 nitrogen and oxygen atoms in total. The smallest absolute Gasteiger partial charge is 0.430 e. The fourth-order valence-electron chi connectivity index (χ4n) is 2.33. The monoisotopic (exact) mass is 327 g/mol. The highest BCUT2D eigenvalue weighted by Gasteiger charge is 2.43. The molecule has 1 aromatic rings. The Bertz CT molecular complexity index is 654. The largest absolute Gasteiger partial charge is 0.436 e. The maximum Gasteiger partial charge on any atom is 0.436 e. The molecule has 3 heterocycles. The van der Waals surface area contributed by atoms with Crippen molar-refractivity contribution >= 4 is 29.1 Å². The number of carbonyl (C=O) groups excluding carboxylic acids is 2. The average Bonchev–Trinajstić information content (AvgIpc) is 2.88. The fourth-order valence-corrected chi connectivity index (χ4v) is 2.61. The number of hydroxylamine groups is 2. The van der Waals surface area contributed by atoms with Gasteiger partial charge in [0.25, 0.3) is 0 Å². The van der Waals surface area contributed by atoms with Gasteiger partial charge in [0.15, 0.2) is 5.76 Å². The summed E-state index contributed by atoms with van der Waals surface area (Å²) in [4.78, 5) is 29.6. The first-order valence-corrected chi connectivity index (χ1v) is 7.02. The summed E-state index contributed by atoms with van der Waals surface area (Å²) < 4.78 is 10.4. The number of fused-ring (bicyclic) bond motifs is 1. The standard InChI is InChI=1S/C13H14ClN3O5/c1-16(2)6-7-5-9(15-21-7)10-8(14)3-4-17-11(10)20-12(18)13(19)22-17/h5,11H,3-4,6H2,1-2H3. The van der Waals surface area contributed by atoms with Crippen LogP contribution in [0.3, 0.4) is 0 Å². The summed E-state index contributed by atoms with van der Waals surface area (Å²) >= 11 is 6.27. The van der Waals surface area contributed by atoms with Crippen LogP contribution in [0.5, 0.6) is 0 Å². The molecular formula is C13H14ClN3O5. The highest BCUT2D eigenvalue weighted by molar-refractivity contribution is 6.33. The van der Waals surface area contributed by atoms with E-state index in [2.05, 4.69) is 5.16 Å². The predicted molar refractivity (Wildman–Crippen MR) is 74.0 cm³/mol. The van der Waals surface area contributed by atoms with E-state index in [0.717, 1.165) is 0 Å². The molecule has 22 heavy (non-hydrogen) atoms. The number of aromatic nitrogens is 1. The van der Waals surface area contributed by atoms with Gasteiger partial charge in [-0.15, -0.1) is 0 Å². The summed E-state index contributed by atoms with van der Waals surface area (Å²) in [5, 5.41) is 5.76. The van der Waals surface area contributed by atoms with E-state index in [1.165, 1.54) is 5.06 Å². The van der Waals surface area contributed by atoms with Gasteiger partial charge in [-0.1, -0.05) is 21.8 Å². The third-order valence-electron chi connectivity index (χ3n) is 3.24. The van der Waals surface area contributed by atoms with Crippen molar-refractivity contribution in [3.05, 3.63) is 22.6 Å². The lowest BCUT2D eigenvalue weighted by atomic mass is 10.0. The molecule has 118 valence electrons. The molecule has 2 aliphatic rings. The van der Waals surface area contributed by atoms with Crippen LogP contribution in [0.15, 0.2) is 15.6 Å². The SMILES string of the molecule is CN(C)Cc1cc(C2=C(Cl)CCN3OC(=O)C(=O)OC23)no1. The number of carbonyl (C=O) groups is 2. The summed E-state index contributed by atoms with van der Waals surface area (Å²) in [7, 11) is 3.80. The van der Waals surface area contributed by atoms with Crippen molar-refractivity contribution in [1.82, 2.24) is 15.1 Å². The highest BCUT2D eigenvalue weighted by atomic mass is 35.5. The van der Waals surface area contributed by atoms with Gasteiger partial charge in [0, 0.05) is 17.6 Å². The van der Waals surface area contributed by atoms with E-state index in [0.29, 0.717) is 41.6 Å². The zero-order valence-electron chi connectivity index (χ0n) is 12.0. The molecule has 1 atom stereocenters. The Hall–Kier alpha value is -1.90. The van der Waals surface area contributed by atoms with Crippen LogP contribution in [-0.2, 0) is 25.7 Å². The van der Waals surface area contributed by atoms with Gasteiger partial charge in [-0.25, -0.2) is 9.59 Å². The molecule has 0 aromatic carbocycles. The van der Waals surface area contributed by atoms with Crippen LogP contribution in [0, 0.1) is 0 Å². The van der Waals surface area contributed by atoms with Gasteiger partial charge >= 0.3 is 11.9 Å². The van der Waals surface area contributed by atoms with Gasteiger partial charge in [-0.2, -0.15) is 0 Å². The summed E-state index contributed by atoms with van der Waals surface area (Å²) in [5.74, 6) is -1.45. The third-order valence-corrected chi connectivity index (χ3v) is 3.64. The molecule has 0 aliphatic carbocycles. The predicted octanol–water partition coefficient (Wildman–Crippen LogP) is 0.733. The second-order valence-corrected chi connectivity index (χ2v) is 5.72. The molecule has 2 aliphatic heterocycles. The molecule has 0 spiro atoms. The van der Waals surface area contributed by atoms with E-state index in [9.17, 15) is 9.59 Å². The zero-order chi connectivity index (χ0) is 15.9. The van der Waals surface area contributed by atoms with Gasteiger partial charge in [0.1, 0.15) is 5.69 Å². The summed E-state index contributed by atoms with van der Waals surface area (Å²) in [6.45, 7) is 0.912. The molecule has 0 radical (unpaired) electrons. The first kappa shape index (κ1) is 15.0. The Morgan fingerprint density at radius 1 is 1.41 bits per heavy atom. The fraction of sp³-hybridized carbons (Fsp3) is 0.462. The number of ether oxygens (including phenoxy) is 1. The Morgan fingerprint density at radius 3 is 2.91 bits per heavy atom. The zero-order valence-corrected chi connectivity index (χ0v) is 12.8. The Labute approximate surface area is 131 Å². The molecule has 1 saturated heterocycles. The van der Waals surface area contributed by atoms with Crippen LogP contribution in [0.25, 0.3) is 5.57 Å². The third kappa shape index (κ3) is 2.72. The first-order valence-electron chi connectivity index (χ1n) is 6.64. The van der Waals surface area contributed by atoms with Crippen molar-refractivity contribution < 1.29 is 23.7 Å². The first-order chi connectivity index (χ1) is 10.5. The van der Waals surface area contributed by atoms with Crippen molar-refractivity contribution in [3.63, 3.8) is 0 Å². The van der Waals surface area contributed by atoms with Crippen LogP contribution in [0.4, 0.5) is 0 Å². The van der Waals surface area contributed by atoms with E-state index in [1.807, 2.05) is 19.0 Å². The van der Waals surface area contributed by atoms with Crippen LogP contribution in [0.2, 0.25) is 0 Å². The van der Waals surface area contributed by atoms with Crippen molar-refractivity contribution in [2.24, 2.45) is 0 Å². The maximum atomic E-state index is 11.4. The van der Waals surface area contributed by atoms with Gasteiger partial charge < -0.3 is 19.0 Å². The molecule has 0 saturated carbocycles. The number of rotatable bonds is 3. The van der Waals surface area contributed by atoms with E-state index >= 15 is 0 Å². The average molecular weight is 328 g/mol. The number of esters is 1. The van der Waals surface area contributed by atoms with Crippen LogP contribution >= 0.6 is 11.6 Å². The Kier molecular flexibility index (Phi) is 3.90. The molecule has 0 bridgehead atoms. The quantitative estimate of drug-likeness (QED) is 0.593. The van der Waals surface area contributed by atoms with E-state index in [1.54, 1.807) is 6.07 Å². The summed E-state index contributed by atoms with van der Waals surface area (Å²) in [5.41, 5.74) is 0.935. The normalized spacial score (nSPS) is 22.6. The van der Waals surface area contributed by atoms with Gasteiger partial charge in [0.05, 0.1) is 12.1 Å². The highest BCUT2D eigenvalue weighted by Crippen LogP contribution is 2.36. The van der Waals surface area contributed by atoms with Crippen LogP contribution < -0.4 is 0 Å². The molecule has 0 amide bonds. The maximum absolute atomic E-state index is 11.4. The van der Waals surface area contributed by atoms with Crippen molar-refractivity contribution in [3.8, 4) is 0 Å². The molecule has 3 rings (SSSR count). The lowest BCUT2D eigenvalue weighted by Crippen LogP contribution is -2.51. The minimum absolute atomic E-state index is 0.342. The Morgan fingerprint density at radius 2 is 2.18 bits per heavy atom. The van der Waals surface area contributed by atoms with E-state index < -0.39 is 18.2 Å². The van der Waals surface area contributed by atoms with Crippen molar-refractivity contribution in [2.45, 2.75) is 19.2 Å². The number of nitrogens with zero attached hydrogens (tertiary/aromatic N) is 3. The van der Waals surface area contributed by atoms with Gasteiger partial charge in [-0.3, -0.25) is 0 Å². The molecule has 1 unspecified atom stereocenters. The van der Waals surface area contributed by atoms with Crippen molar-refractivity contribution in [2.75, 3.05) is 20.6 Å². The minimum Gasteiger partial charge on any atom is -0.430 e. The van der Waals surface area contributed by atoms with E-state index in [4.69, 9.17) is 25.7 Å². The number of halogens is 1. The number of hydrogen-bond acceptors (Lipinski definition) is 8. The van der Waals surface area contributed by atoms with Crippen LogP contribution in [-0.4, -0.2) is 53.9 Å². The lowest BCUT2D eigenvalue weighted by Gasteiger charge is -2.36. The molecule has 1 aromatic heterocycles. The summed E-state index contributed by atoms with van der Waals surface area (Å²) in [6.07, 6.45) is -0.447. The van der Waals surface area contributed by atoms with Gasteiger partial charge in [-0.05, 0) is 20.5 Å². The number of hydrogen-bond donors (Lipinski definition) is 0. The van der Waals surface area contributed by atoms with Crippen molar-refractivity contribution in [1.29, 1.82) is 0 Å². The lowest BCUT2D eigenvalue weighted by molar-refractivity contribution is -0.255. The summed E-state index contributed by atoms with van der Waals surface area (Å²) in [6, 6.07) is 1.73. The molecular weight excluding hydrogens is 314 g/mol. The second kappa shape index (κ2) is 5.71. The molecule has 0 N–H and O–H groups in total. The topological polar surface area (TPSA) is 85.1 Å². The van der Waals surface area contributed by atoms with E-state index in [-0.39, 0.29) is 0 Å². The Balaban J connectivity index is 1.91. The second-order valence-electron chi connectivity index (χ2n) is 5.26.